The lowest BCUT2D eigenvalue weighted by atomic mass is 10.2. The summed E-state index contributed by atoms with van der Waals surface area (Å²) in [5.41, 5.74) is 2.48. The van der Waals surface area contributed by atoms with Gasteiger partial charge in [0.25, 0.3) is 5.56 Å². The third-order valence-electron chi connectivity index (χ3n) is 3.03. The fourth-order valence-corrected chi connectivity index (χ4v) is 2.15. The van der Waals surface area contributed by atoms with Gasteiger partial charge >= 0.3 is 0 Å². The topological polar surface area (TPSA) is 34.9 Å². The Bertz CT molecular complexity index is 806. The first kappa shape index (κ1) is 11.9. The van der Waals surface area contributed by atoms with Crippen LogP contribution in [-0.2, 0) is 0 Å². The van der Waals surface area contributed by atoms with E-state index in [2.05, 4.69) is 4.98 Å². The molecule has 1 aromatic heterocycles. The van der Waals surface area contributed by atoms with Gasteiger partial charge in [0, 0.05) is 5.02 Å². The van der Waals surface area contributed by atoms with Crippen LogP contribution in [-0.4, -0.2) is 9.55 Å². The summed E-state index contributed by atoms with van der Waals surface area (Å²) < 4.78 is 1.54. The first-order valence-corrected chi connectivity index (χ1v) is 6.27. The first-order chi connectivity index (χ1) is 9.15. The minimum atomic E-state index is -0.0921. The monoisotopic (exact) mass is 270 g/mol. The number of hydrogen-bond acceptors (Lipinski definition) is 2. The molecule has 0 spiro atoms. The van der Waals surface area contributed by atoms with Crippen LogP contribution in [0.5, 0.6) is 0 Å². The van der Waals surface area contributed by atoms with E-state index in [1.807, 2.05) is 31.2 Å². The van der Waals surface area contributed by atoms with Crippen molar-refractivity contribution in [2.75, 3.05) is 0 Å². The summed E-state index contributed by atoms with van der Waals surface area (Å²) in [4.78, 5) is 16.7. The van der Waals surface area contributed by atoms with Crippen LogP contribution in [0.15, 0.2) is 53.6 Å². The minimum Gasteiger partial charge on any atom is -0.268 e. The van der Waals surface area contributed by atoms with Crippen LogP contribution in [0.3, 0.4) is 0 Å². The van der Waals surface area contributed by atoms with Crippen LogP contribution in [0, 0.1) is 6.92 Å². The third-order valence-corrected chi connectivity index (χ3v) is 3.27. The molecule has 3 rings (SSSR count). The smallest absolute Gasteiger partial charge is 0.265 e. The molecule has 0 saturated heterocycles. The van der Waals surface area contributed by atoms with Crippen molar-refractivity contribution in [1.82, 2.24) is 9.55 Å². The number of halogens is 1. The van der Waals surface area contributed by atoms with Crippen LogP contribution in [0.4, 0.5) is 0 Å². The molecule has 0 fully saturated rings. The lowest BCUT2D eigenvalue weighted by molar-refractivity contribution is 0.962. The summed E-state index contributed by atoms with van der Waals surface area (Å²) in [6.07, 6.45) is 1.53. The number of rotatable bonds is 1. The van der Waals surface area contributed by atoms with Gasteiger partial charge in [-0.2, -0.15) is 0 Å². The Kier molecular flexibility index (Phi) is 2.84. The van der Waals surface area contributed by atoms with Crippen molar-refractivity contribution in [2.24, 2.45) is 0 Å². The minimum absolute atomic E-state index is 0.0921. The van der Waals surface area contributed by atoms with Gasteiger partial charge in [-0.3, -0.25) is 9.36 Å². The van der Waals surface area contributed by atoms with E-state index in [0.717, 1.165) is 11.3 Å². The molecule has 94 valence electrons. The van der Waals surface area contributed by atoms with E-state index in [9.17, 15) is 4.79 Å². The molecule has 0 aliphatic heterocycles. The molecule has 19 heavy (non-hydrogen) atoms. The molecule has 2 aromatic carbocycles. The highest BCUT2D eigenvalue weighted by molar-refractivity contribution is 6.31. The van der Waals surface area contributed by atoms with Crippen molar-refractivity contribution in [3.05, 3.63) is 69.7 Å². The molecule has 1 heterocycles. The number of aryl methyl sites for hydroxylation is 1. The van der Waals surface area contributed by atoms with E-state index in [4.69, 9.17) is 11.6 Å². The van der Waals surface area contributed by atoms with Crippen LogP contribution in [0.2, 0.25) is 5.02 Å². The molecule has 0 atom stereocenters. The maximum Gasteiger partial charge on any atom is 0.265 e. The molecule has 0 saturated carbocycles. The summed E-state index contributed by atoms with van der Waals surface area (Å²) in [5, 5.41) is 1.14. The lowest BCUT2D eigenvalue weighted by Crippen LogP contribution is -2.18. The second kappa shape index (κ2) is 4.52. The van der Waals surface area contributed by atoms with E-state index < -0.39 is 0 Å². The molecule has 0 unspecified atom stereocenters. The lowest BCUT2D eigenvalue weighted by Gasteiger charge is -2.07. The number of nitrogens with zero attached hydrogens (tertiary/aromatic N) is 2. The highest BCUT2D eigenvalue weighted by Crippen LogP contribution is 2.15. The molecule has 0 aliphatic rings. The Balaban J connectivity index is 2.26. The third kappa shape index (κ3) is 2.13. The van der Waals surface area contributed by atoms with Crippen molar-refractivity contribution in [3.63, 3.8) is 0 Å². The zero-order chi connectivity index (χ0) is 13.4. The van der Waals surface area contributed by atoms with E-state index >= 15 is 0 Å². The Labute approximate surface area is 115 Å². The molecule has 0 aliphatic carbocycles. The fraction of sp³-hybridized carbons (Fsp3) is 0.0667. The van der Waals surface area contributed by atoms with Gasteiger partial charge in [-0.05, 0) is 37.3 Å². The summed E-state index contributed by atoms with van der Waals surface area (Å²) >= 11 is 5.90. The van der Waals surface area contributed by atoms with Crippen molar-refractivity contribution in [2.45, 2.75) is 6.92 Å². The Morgan fingerprint density at radius 1 is 1.11 bits per heavy atom. The van der Waals surface area contributed by atoms with E-state index in [-0.39, 0.29) is 5.56 Å². The number of fused-ring (bicyclic) bond motifs is 1. The number of benzene rings is 2. The van der Waals surface area contributed by atoms with Gasteiger partial charge in [0.1, 0.15) is 6.33 Å². The van der Waals surface area contributed by atoms with Gasteiger partial charge in [0.2, 0.25) is 0 Å². The predicted molar refractivity (Wildman–Crippen MR) is 77.1 cm³/mol. The molecule has 0 amide bonds. The largest absolute Gasteiger partial charge is 0.268 e. The zero-order valence-corrected chi connectivity index (χ0v) is 11.1. The van der Waals surface area contributed by atoms with Gasteiger partial charge in [0.05, 0.1) is 16.6 Å². The normalized spacial score (nSPS) is 10.8. The highest BCUT2D eigenvalue weighted by Gasteiger charge is 2.05. The van der Waals surface area contributed by atoms with E-state index in [0.29, 0.717) is 15.9 Å². The molecular formula is C15H11ClN2O. The van der Waals surface area contributed by atoms with Crippen LogP contribution >= 0.6 is 11.6 Å². The maximum atomic E-state index is 12.4. The van der Waals surface area contributed by atoms with Crippen molar-refractivity contribution < 1.29 is 0 Å². The van der Waals surface area contributed by atoms with E-state index in [1.54, 1.807) is 18.2 Å². The summed E-state index contributed by atoms with van der Waals surface area (Å²) in [5.74, 6) is 0. The molecule has 4 heteroatoms. The molecule has 3 nitrogen and oxygen atoms in total. The van der Waals surface area contributed by atoms with Gasteiger partial charge in [-0.25, -0.2) is 4.98 Å². The summed E-state index contributed by atoms with van der Waals surface area (Å²) in [6, 6.07) is 12.8. The second-order valence-corrected chi connectivity index (χ2v) is 4.85. The van der Waals surface area contributed by atoms with Crippen LogP contribution in [0.1, 0.15) is 5.56 Å². The van der Waals surface area contributed by atoms with Crippen LogP contribution in [0.25, 0.3) is 16.6 Å². The van der Waals surface area contributed by atoms with Gasteiger partial charge in [-0.15, -0.1) is 0 Å². The van der Waals surface area contributed by atoms with Crippen molar-refractivity contribution in [3.8, 4) is 5.69 Å². The first-order valence-electron chi connectivity index (χ1n) is 5.89. The quantitative estimate of drug-likeness (QED) is 0.680. The predicted octanol–water partition coefficient (Wildman–Crippen LogP) is 3.35. The molecule has 0 N–H and O–H groups in total. The average Bonchev–Trinajstić information content (AvgIpc) is 2.40. The van der Waals surface area contributed by atoms with E-state index in [1.165, 1.54) is 10.9 Å². The summed E-state index contributed by atoms with van der Waals surface area (Å²) in [6.45, 7) is 2.01. The highest BCUT2D eigenvalue weighted by atomic mass is 35.5. The Morgan fingerprint density at radius 2 is 1.84 bits per heavy atom. The SMILES string of the molecule is Cc1ccc(-n2cnc3cc(Cl)ccc3c2=O)cc1. The molecule has 0 radical (unpaired) electrons. The van der Waals surface area contributed by atoms with Crippen molar-refractivity contribution >= 4 is 22.5 Å². The van der Waals surface area contributed by atoms with Gasteiger partial charge < -0.3 is 0 Å². The Hall–Kier alpha value is -2.13. The average molecular weight is 271 g/mol. The molecule has 3 aromatic rings. The number of aromatic nitrogens is 2. The standard InChI is InChI=1S/C15H11ClN2O/c1-10-2-5-12(6-3-10)18-9-17-14-8-11(16)4-7-13(14)15(18)19/h2-9H,1H3. The second-order valence-electron chi connectivity index (χ2n) is 4.42. The fourth-order valence-electron chi connectivity index (χ4n) is 1.98. The number of hydrogen-bond donors (Lipinski definition) is 0. The molecule has 0 bridgehead atoms. The Morgan fingerprint density at radius 3 is 2.58 bits per heavy atom. The van der Waals surface area contributed by atoms with Gasteiger partial charge in [0.15, 0.2) is 0 Å². The van der Waals surface area contributed by atoms with Gasteiger partial charge in [-0.1, -0.05) is 29.3 Å². The van der Waals surface area contributed by atoms with Crippen molar-refractivity contribution in [1.29, 1.82) is 0 Å². The maximum absolute atomic E-state index is 12.4. The van der Waals surface area contributed by atoms with Crippen LogP contribution < -0.4 is 5.56 Å². The molecular weight excluding hydrogens is 260 g/mol. The zero-order valence-electron chi connectivity index (χ0n) is 10.3. The summed E-state index contributed by atoms with van der Waals surface area (Å²) in [7, 11) is 0.